The van der Waals surface area contributed by atoms with Crippen molar-refractivity contribution in [2.45, 2.75) is 173 Å². The normalized spacial score (nSPS) is 19.2. The number of rotatable bonds is 58. The van der Waals surface area contributed by atoms with Gasteiger partial charge in [-0.15, -0.1) is 0 Å². The highest BCUT2D eigenvalue weighted by Crippen LogP contribution is 2.55. The number of amides is 5. The van der Waals surface area contributed by atoms with Gasteiger partial charge in [0.15, 0.2) is 41.4 Å². The second-order valence-corrected chi connectivity index (χ2v) is 34.0. The van der Waals surface area contributed by atoms with Crippen molar-refractivity contribution in [1.29, 1.82) is 0 Å². The van der Waals surface area contributed by atoms with Crippen molar-refractivity contribution >= 4 is 92.2 Å². The fraction of sp³-hybridized carbons (Fsp3) is 0.812. The molecule has 3 aliphatic rings. The molecule has 3 rings (SSSR count). The molecule has 113 heavy (non-hydrogen) atoms. The second kappa shape index (κ2) is 54.4. The Bertz CT molecular complexity index is 3170. The molecule has 0 saturated carbocycles. The largest absolute Gasteiger partial charge is 0.447 e. The quantitative estimate of drug-likeness (QED) is 0.0134. The third-order valence-electron chi connectivity index (χ3n) is 18.7. The molecule has 42 nitrogen and oxygen atoms in total. The van der Waals surface area contributed by atoms with E-state index in [-0.39, 0.29) is 205 Å². The third-order valence-corrected chi connectivity index (χ3v) is 23.8. The van der Waals surface area contributed by atoms with Crippen molar-refractivity contribution in [3.05, 3.63) is 0 Å². The molecule has 0 aromatic rings. The minimum atomic E-state index is -3.88. The summed E-state index contributed by atoms with van der Waals surface area (Å²) in [4.78, 5) is 136. The summed E-state index contributed by atoms with van der Waals surface area (Å²) in [5, 5.41) is 17.4. The monoisotopic (exact) mass is 1650 g/mol. The number of unbranched alkanes of at least 4 members (excludes halogenated alkanes) is 5. The van der Waals surface area contributed by atoms with Crippen LogP contribution in [0.3, 0.4) is 0 Å². The van der Waals surface area contributed by atoms with Crippen LogP contribution in [0.1, 0.15) is 136 Å². The molecule has 11 atom stereocenters. The number of ether oxygens (including phenoxy) is 5. The van der Waals surface area contributed by atoms with E-state index in [0.29, 0.717) is 77.4 Å². The van der Waals surface area contributed by atoms with Crippen LogP contribution in [-0.2, 0) is 75.4 Å². The number of nitrogens with one attached hydrogen (secondary N) is 3. The van der Waals surface area contributed by atoms with Crippen molar-refractivity contribution in [1.82, 2.24) is 44.4 Å². The molecule has 44 heteroatoms. The van der Waals surface area contributed by atoms with Crippen LogP contribution < -0.4 is 73.3 Å². The molecule has 648 valence electrons. The van der Waals surface area contributed by atoms with Gasteiger partial charge in [-0.05, 0) is 126 Å². The summed E-state index contributed by atoms with van der Waals surface area (Å²) in [5.41, 5.74) is 55.8. The highest BCUT2D eigenvalue weighted by atomic mass is 31.2. The van der Waals surface area contributed by atoms with Crippen molar-refractivity contribution in [2.24, 2.45) is 100 Å². The molecule has 3 saturated heterocycles. The molecule has 0 aromatic heterocycles. The predicted molar refractivity (Wildman–Crippen MR) is 429 cm³/mol. The maximum Gasteiger partial charge on any atom is 0.409 e. The maximum absolute atomic E-state index is 15.2. The first kappa shape index (κ1) is 99.7. The van der Waals surface area contributed by atoms with Crippen molar-refractivity contribution in [3.8, 4) is 0 Å². The number of nitrogens with zero attached hydrogens (tertiary/aromatic N) is 11. The topological polar surface area (TPSA) is 633 Å². The van der Waals surface area contributed by atoms with Crippen LogP contribution in [-0.4, -0.2) is 320 Å². The SMILES string of the molecule is CC(=O)C[C@@H](CCCCN=C(N)N)C(=O)N[C@@H](CCCCN=C(N)N)C(=O)C[C@@H](CCCCN=C(N)N)C(=O)N[C@@H](CCCCN=C(N)N)C(=O)C[C@@H](CCCCN=C(N)N)C(=O)NCC(=O)N1C[C@@H](COP(=O)(N(C)C)N2C[C@@H](COP(=O)(N(C)C)N3CCN(C(=O)OCCOCCOCCO)CC3)O[C@@H](C)C2)O[C@@H](C)C1. The van der Waals surface area contributed by atoms with E-state index in [1.807, 2.05) is 6.92 Å². The second-order valence-electron chi connectivity index (χ2n) is 28.8. The molecule has 0 aliphatic carbocycles. The fourth-order valence-electron chi connectivity index (χ4n) is 12.9. The number of aliphatic imine (C=N–C) groups is 5. The molecule has 3 heterocycles. The third kappa shape index (κ3) is 40.1. The number of hydrogen-bond donors (Lipinski definition) is 14. The Kier molecular flexibility index (Phi) is 48.0. The van der Waals surface area contributed by atoms with Gasteiger partial charge in [-0.3, -0.25) is 62.9 Å². The zero-order chi connectivity index (χ0) is 84.1. The summed E-state index contributed by atoms with van der Waals surface area (Å²) in [7, 11) is -1.07. The van der Waals surface area contributed by atoms with Crippen molar-refractivity contribution in [2.75, 3.05) is 173 Å². The number of aliphatic hydroxyl groups is 1. The van der Waals surface area contributed by atoms with Crippen LogP contribution >= 0.6 is 15.3 Å². The van der Waals surface area contributed by atoms with Crippen molar-refractivity contribution in [3.63, 3.8) is 0 Å². The Balaban J connectivity index is 1.84. The number of nitrogens with two attached hydrogens (primary N) is 10. The number of piperazine rings is 1. The zero-order valence-electron chi connectivity index (χ0n) is 67.5. The van der Waals surface area contributed by atoms with Crippen LogP contribution in [0.15, 0.2) is 25.0 Å². The average Bonchev–Trinajstić information content (AvgIpc) is 0.671. The van der Waals surface area contributed by atoms with E-state index < -0.39 is 124 Å². The average molecular weight is 1650 g/mol. The van der Waals surface area contributed by atoms with Crippen LogP contribution in [0.25, 0.3) is 0 Å². The first-order chi connectivity index (χ1) is 53.6. The van der Waals surface area contributed by atoms with Gasteiger partial charge in [0, 0.05) is 122 Å². The maximum atomic E-state index is 15.2. The Hall–Kier alpha value is -7.47. The molecule has 3 fully saturated rings. The Labute approximate surface area is 664 Å². The van der Waals surface area contributed by atoms with Gasteiger partial charge in [0.05, 0.1) is 89.3 Å². The molecular weight excluding hydrogens is 1510 g/mol. The molecule has 0 radical (unpaired) electrons. The van der Waals surface area contributed by atoms with E-state index in [1.165, 1.54) is 26.1 Å². The Morgan fingerprint density at radius 1 is 0.478 bits per heavy atom. The first-order valence-electron chi connectivity index (χ1n) is 38.9. The van der Waals surface area contributed by atoms with Crippen molar-refractivity contribution < 1.29 is 85.3 Å². The molecule has 24 N–H and O–H groups in total. The highest BCUT2D eigenvalue weighted by molar-refractivity contribution is 7.54. The van der Waals surface area contributed by atoms with Gasteiger partial charge in [-0.2, -0.15) is 0 Å². The standard InChI is InChI=1S/C69H134N24O18P2/c1-48(95)38-51(18-8-13-23-80-64(70)71)62(100)86-57(22-12-17-27-84-68(78)79)59(97)40-53(20-10-15-25-82-66(74)75)63(101)87-56(21-11-16-26-83-67(76)77)58(96)39-52(19-9-14-24-81-65(72)73)61(99)85-41-60(98)91-42-49(2)110-54(44-91)46-109-113(104,89(6)7)93-43-50(3)111-55(45-93)47-108-112(103,88(4)5)92-30-28-90(29-31-92)69(102)107-37-36-106-35-34-105-33-32-94/h49-57,94H,8-47H2,1-7H3,(H,85,99)(H,86,100)(H,87,101)(H4,70,71,80)(H4,72,73,81)(H4,74,75,82)(H4,76,77,83)(H4,78,79,84)/t49-,50-,51+,52+,53+,54-,55-,56-,57-,112?,113?/m0/s1. The first-order valence-corrected chi connectivity index (χ1v) is 42.0. The van der Waals surface area contributed by atoms with Crippen LogP contribution in [0.4, 0.5) is 4.79 Å². The van der Waals surface area contributed by atoms with E-state index in [4.69, 9.17) is 95.2 Å². The van der Waals surface area contributed by atoms with E-state index in [0.717, 1.165) is 0 Å². The van der Waals surface area contributed by atoms with E-state index in [1.54, 1.807) is 44.5 Å². The number of morpholine rings is 2. The number of aliphatic hydroxyl groups excluding tert-OH is 1. The lowest BCUT2D eigenvalue weighted by molar-refractivity contribution is -0.147. The molecule has 0 bridgehead atoms. The van der Waals surface area contributed by atoms with Gasteiger partial charge in [-0.25, -0.2) is 23.5 Å². The molecule has 2 unspecified atom stereocenters. The number of hydrogen-bond acceptors (Lipinski definition) is 23. The predicted octanol–water partition coefficient (Wildman–Crippen LogP) is -2.11. The van der Waals surface area contributed by atoms with Gasteiger partial charge in [0.25, 0.3) is 0 Å². The minimum Gasteiger partial charge on any atom is -0.447 e. The van der Waals surface area contributed by atoms with Crippen LogP contribution in [0, 0.1) is 17.8 Å². The van der Waals surface area contributed by atoms with Gasteiger partial charge >= 0.3 is 21.4 Å². The number of Topliss-reactive ketones (excluding diaryl/α,β-unsaturated/α-hetero) is 3. The van der Waals surface area contributed by atoms with E-state index >= 15 is 4.57 Å². The van der Waals surface area contributed by atoms with Gasteiger partial charge in [0.1, 0.15) is 12.4 Å². The minimum absolute atomic E-state index is 0.0164. The Morgan fingerprint density at radius 2 is 0.858 bits per heavy atom. The molecule has 3 aliphatic heterocycles. The molecule has 5 amide bonds. The van der Waals surface area contributed by atoms with Crippen LogP contribution in [0.5, 0.6) is 0 Å². The number of ketones is 3. The van der Waals surface area contributed by atoms with Gasteiger partial charge in [-0.1, -0.05) is 19.3 Å². The fourth-order valence-corrected chi connectivity index (χ4v) is 16.9. The molecule has 0 aromatic carbocycles. The Morgan fingerprint density at radius 3 is 1.27 bits per heavy atom. The number of carbonyl (C=O) groups is 8. The lowest BCUT2D eigenvalue weighted by atomic mass is 9.88. The number of guanidine groups is 5. The zero-order valence-corrected chi connectivity index (χ0v) is 69.2. The van der Waals surface area contributed by atoms with Gasteiger partial charge < -0.3 is 126 Å². The molecule has 0 spiro atoms. The van der Waals surface area contributed by atoms with Gasteiger partial charge in [0.2, 0.25) is 23.6 Å². The lowest BCUT2D eigenvalue weighted by Crippen LogP contribution is -2.53. The van der Waals surface area contributed by atoms with Crippen LogP contribution in [0.2, 0.25) is 0 Å². The lowest BCUT2D eigenvalue weighted by Gasteiger charge is -2.44. The smallest absolute Gasteiger partial charge is 0.409 e. The highest BCUT2D eigenvalue weighted by Gasteiger charge is 2.45. The van der Waals surface area contributed by atoms with E-state index in [2.05, 4.69) is 40.9 Å². The molecular formula is C69H134N24O18P2. The summed E-state index contributed by atoms with van der Waals surface area (Å²) < 4.78 is 77.3. The number of carbonyl (C=O) groups excluding carboxylic acids is 8. The summed E-state index contributed by atoms with van der Waals surface area (Å²) in [5.74, 6) is -7.11. The van der Waals surface area contributed by atoms with E-state index in [9.17, 15) is 42.9 Å². The summed E-state index contributed by atoms with van der Waals surface area (Å²) >= 11 is 0. The summed E-state index contributed by atoms with van der Waals surface area (Å²) in [6, 6.07) is -2.34. The summed E-state index contributed by atoms with van der Waals surface area (Å²) in [6.45, 7) is 7.31. The summed E-state index contributed by atoms with van der Waals surface area (Å²) in [6.07, 6.45) is 0.813.